The Kier molecular flexibility index (Phi) is 19.9. The number of carbonyl (C=O) groups is 4. The molecule has 4 amide bonds. The Balaban J connectivity index is 0.000000328. The van der Waals surface area contributed by atoms with Crippen LogP contribution >= 0.6 is 0 Å². The van der Waals surface area contributed by atoms with Gasteiger partial charge in [-0.3, -0.25) is 33.7 Å². The molecule has 82 heavy (non-hydrogen) atoms. The Hall–Kier alpha value is -9.71. The standard InChI is InChI=1S/C20H22F3N5O4.2C15H14F3N5O2/c1-18(2,3)32-17(30)27-14-9-25-28(10-14)11-19(4,31)16(29)26-13-6-5-12(8-24)15(7-13)20(21,22)23;2*1-14(25,8-23-7-10(20)6-21-23)13(24)22-11-3-2-9(5-19)12(4-11)15(16,17)18/h5-7,9-10,31H,11H2,1-4H3,(H,26,29)(H,27,30);2*2-4,6-7,25H,8,20H2,1H3,(H,22,24)/p+1/t19-;2*14-/m000/s1. The first-order valence-corrected chi connectivity index (χ1v) is 23.2. The van der Waals surface area contributed by atoms with Crippen LogP contribution in [0.5, 0.6) is 0 Å². The number of nitrogen functional groups attached to an aromatic ring is 2. The number of aliphatic hydroxyl groups is 3. The van der Waals surface area contributed by atoms with Gasteiger partial charge < -0.3 is 47.5 Å². The fraction of sp³-hybridized carbons (Fsp3) is 0.320. The van der Waals surface area contributed by atoms with E-state index in [1.807, 2.05) is 0 Å². The van der Waals surface area contributed by atoms with Gasteiger partial charge in [0, 0.05) is 35.7 Å². The molecule has 3 heterocycles. The Morgan fingerprint density at radius 2 is 0.805 bits per heavy atom. The molecule has 6 aromatic rings. The zero-order chi connectivity index (χ0) is 62.0. The summed E-state index contributed by atoms with van der Waals surface area (Å²) in [5.74, 6) is -2.86. The highest BCUT2D eigenvalue weighted by Gasteiger charge is 2.39. The summed E-state index contributed by atoms with van der Waals surface area (Å²) in [6.45, 7) is 7.74. The van der Waals surface area contributed by atoms with Gasteiger partial charge in [-0.1, -0.05) is 0 Å². The molecule has 0 unspecified atom stereocenters. The fourth-order valence-corrected chi connectivity index (χ4v) is 6.69. The number of alkyl halides is 9. The number of rotatable bonds is 13. The number of carbonyl (C=O) groups excluding carboxylic acids is 4. The van der Waals surface area contributed by atoms with Crippen molar-refractivity contribution in [2.45, 2.75) is 102 Å². The molecule has 0 bridgehead atoms. The second-order valence-electron chi connectivity index (χ2n) is 19.3. The highest BCUT2D eigenvalue weighted by Crippen LogP contribution is 2.36. The summed E-state index contributed by atoms with van der Waals surface area (Å²) in [4.78, 5) is 48.6. The number of aromatic nitrogens is 6. The van der Waals surface area contributed by atoms with Crippen LogP contribution in [0.1, 0.15) is 76.3 Å². The van der Waals surface area contributed by atoms with Crippen molar-refractivity contribution in [2.75, 3.05) is 32.7 Å². The van der Waals surface area contributed by atoms with Crippen molar-refractivity contribution in [1.82, 2.24) is 29.3 Å². The number of anilines is 6. The number of ether oxygens (including phenoxy) is 1. The van der Waals surface area contributed by atoms with Crippen molar-refractivity contribution in [3.63, 3.8) is 0 Å². The molecule has 0 aliphatic heterocycles. The summed E-state index contributed by atoms with van der Waals surface area (Å²) in [6.07, 6.45) is -6.96. The predicted octanol–water partition coefficient (Wildman–Crippen LogP) is 7.11. The summed E-state index contributed by atoms with van der Waals surface area (Å²) in [7, 11) is 0. The molecular weight excluding hydrogens is 1110 g/mol. The summed E-state index contributed by atoms with van der Waals surface area (Å²) in [5.41, 5.74) is -0.722. The quantitative estimate of drug-likeness (QED) is 0.0520. The minimum absolute atomic E-state index is 0. The minimum Gasteiger partial charge on any atom is -0.444 e. The van der Waals surface area contributed by atoms with Gasteiger partial charge in [-0.15, -0.1) is 0 Å². The van der Waals surface area contributed by atoms with Crippen LogP contribution in [0.3, 0.4) is 0 Å². The molecule has 0 saturated carbocycles. The number of halogens is 9. The van der Waals surface area contributed by atoms with E-state index in [0.717, 1.165) is 43.3 Å². The lowest BCUT2D eigenvalue weighted by molar-refractivity contribution is -0.138. The molecule has 11 N–H and O–H groups in total. The van der Waals surface area contributed by atoms with Gasteiger partial charge in [0.25, 0.3) is 17.7 Å². The van der Waals surface area contributed by atoms with Crippen LogP contribution in [-0.4, -0.2) is 90.9 Å². The topological polar surface area (TPSA) is 363 Å². The molecular formula is C50H51F9N15O8+. The Morgan fingerprint density at radius 3 is 1.06 bits per heavy atom. The number of hydrogen-bond acceptors (Lipinski definition) is 16. The number of benzene rings is 3. The van der Waals surface area contributed by atoms with E-state index >= 15 is 0 Å². The van der Waals surface area contributed by atoms with Gasteiger partial charge in [0.2, 0.25) is 0 Å². The van der Waals surface area contributed by atoms with Crippen LogP contribution in [0.25, 0.3) is 0 Å². The lowest BCUT2D eigenvalue weighted by atomic mass is 10.0. The number of nitrogens with zero attached hydrogens (tertiary/aromatic N) is 9. The number of nitrogens with two attached hydrogens (primary N) is 2. The van der Waals surface area contributed by atoms with Crippen molar-refractivity contribution in [1.29, 1.82) is 15.8 Å². The molecule has 0 spiro atoms. The van der Waals surface area contributed by atoms with Crippen molar-refractivity contribution < 1.29 is 80.2 Å². The fourth-order valence-electron chi connectivity index (χ4n) is 6.69. The van der Waals surface area contributed by atoms with Gasteiger partial charge in [0.05, 0.1) is 107 Å². The number of amides is 4. The van der Waals surface area contributed by atoms with E-state index in [1.165, 1.54) is 83.3 Å². The Labute approximate surface area is 460 Å². The van der Waals surface area contributed by atoms with Gasteiger partial charge >= 0.3 is 26.0 Å². The van der Waals surface area contributed by atoms with Crippen LogP contribution in [0.2, 0.25) is 0 Å². The van der Waals surface area contributed by atoms with Crippen molar-refractivity contribution in [3.8, 4) is 18.2 Å². The molecule has 0 aliphatic rings. The highest BCUT2D eigenvalue weighted by atomic mass is 19.4. The van der Waals surface area contributed by atoms with E-state index in [-0.39, 0.29) is 43.8 Å². The molecule has 0 aliphatic carbocycles. The maximum atomic E-state index is 13.1. The lowest BCUT2D eigenvalue weighted by Crippen LogP contribution is -2.43. The molecule has 0 saturated heterocycles. The normalized spacial score (nSPS) is 13.7. The summed E-state index contributed by atoms with van der Waals surface area (Å²) in [6, 6.07) is 12.4. The predicted molar refractivity (Wildman–Crippen MR) is 273 cm³/mol. The molecule has 3 atom stereocenters. The monoisotopic (exact) mass is 1160 g/mol. The van der Waals surface area contributed by atoms with E-state index in [1.54, 1.807) is 20.8 Å². The minimum atomic E-state index is -4.79. The third-order valence-corrected chi connectivity index (χ3v) is 10.6. The molecule has 23 nitrogen and oxygen atoms in total. The molecule has 0 fully saturated rings. The van der Waals surface area contributed by atoms with E-state index in [0.29, 0.717) is 29.6 Å². The van der Waals surface area contributed by atoms with E-state index in [2.05, 4.69) is 36.6 Å². The zero-order valence-corrected chi connectivity index (χ0v) is 43.7. The van der Waals surface area contributed by atoms with Crippen molar-refractivity contribution in [3.05, 3.63) is 125 Å². The SMILES string of the molecule is CC(C)(C)OC(=O)Nc1cnn(C[C@](C)(O)C(=O)Nc2ccc(C#N)c(C(F)(F)F)c2)c1.C[C@](O)(Cn1cc(N)cn1)C(=O)Nc1ccc(C#N)c(C(F)(F)F)c1.C[C@](O)(Cn1cc(N)cn1)C(=O)Nc1ccc(C#N)c(C(F)(F)F)c1.[H+]. The van der Waals surface area contributed by atoms with Crippen LogP contribution in [0.4, 0.5) is 78.4 Å². The molecule has 32 heteroatoms. The first-order chi connectivity index (χ1) is 37.7. The lowest BCUT2D eigenvalue weighted by Gasteiger charge is -2.22. The Morgan fingerprint density at radius 1 is 0.512 bits per heavy atom. The second kappa shape index (κ2) is 25.2. The van der Waals surface area contributed by atoms with Gasteiger partial charge in [-0.2, -0.15) is 70.6 Å². The van der Waals surface area contributed by atoms with Gasteiger partial charge in [-0.25, -0.2) is 4.79 Å². The maximum Gasteiger partial charge on any atom is 1.00 e. The molecule has 6 rings (SSSR count). The van der Waals surface area contributed by atoms with E-state index < -0.39 is 98.1 Å². The summed E-state index contributed by atoms with van der Waals surface area (Å²) < 4.78 is 126. The maximum absolute atomic E-state index is 13.1. The summed E-state index contributed by atoms with van der Waals surface area (Å²) >= 11 is 0. The largest absolute Gasteiger partial charge is 1.00 e. The number of hydrogen-bond donors (Lipinski definition) is 9. The van der Waals surface area contributed by atoms with Gasteiger partial charge in [0.1, 0.15) is 5.60 Å². The van der Waals surface area contributed by atoms with E-state index in [9.17, 15) is 74.0 Å². The first kappa shape index (κ1) is 64.8. The highest BCUT2D eigenvalue weighted by molar-refractivity contribution is 5.98. The van der Waals surface area contributed by atoms with Crippen LogP contribution in [0.15, 0.2) is 91.8 Å². The zero-order valence-electron chi connectivity index (χ0n) is 44.7. The van der Waals surface area contributed by atoms with Crippen molar-refractivity contribution in [2.24, 2.45) is 0 Å². The van der Waals surface area contributed by atoms with Crippen LogP contribution < -0.4 is 32.7 Å². The first-order valence-electron chi connectivity index (χ1n) is 23.2. The number of nitriles is 3. The van der Waals surface area contributed by atoms with Crippen LogP contribution in [0, 0.1) is 34.0 Å². The van der Waals surface area contributed by atoms with Gasteiger partial charge in [-0.05, 0) is 96.1 Å². The van der Waals surface area contributed by atoms with Crippen molar-refractivity contribution >= 4 is 57.9 Å². The molecule has 0 radical (unpaired) electrons. The average Bonchev–Trinajstić information content (AvgIpc) is 4.25. The number of nitrogens with one attached hydrogen (secondary N) is 4. The third-order valence-electron chi connectivity index (χ3n) is 10.6. The Bertz CT molecular complexity index is 3300. The van der Waals surface area contributed by atoms with Crippen LogP contribution in [-0.2, 0) is 57.3 Å². The third kappa shape index (κ3) is 18.7. The summed E-state index contributed by atoms with van der Waals surface area (Å²) in [5, 5.41) is 78.0. The molecule has 436 valence electrons. The smallest absolute Gasteiger partial charge is 0.444 e. The average molecular weight is 1160 g/mol. The second-order valence-corrected chi connectivity index (χ2v) is 19.3. The van der Waals surface area contributed by atoms with E-state index in [4.69, 9.17) is 32.0 Å². The molecule has 3 aromatic heterocycles. The van der Waals surface area contributed by atoms with Gasteiger partial charge in [0.15, 0.2) is 16.8 Å². The molecule has 3 aromatic carbocycles.